The highest BCUT2D eigenvalue weighted by Gasteiger charge is 2.32. The van der Waals surface area contributed by atoms with Crippen molar-refractivity contribution in [3.8, 4) is 0 Å². The van der Waals surface area contributed by atoms with Gasteiger partial charge in [-0.15, -0.1) is 0 Å². The molecule has 110 valence electrons. The van der Waals surface area contributed by atoms with Crippen molar-refractivity contribution in [3.63, 3.8) is 0 Å². The largest absolute Gasteiger partial charge is 0.364 e. The molecule has 0 spiro atoms. The Balaban J connectivity index is 1.79. The van der Waals surface area contributed by atoms with Gasteiger partial charge in [-0.25, -0.2) is 0 Å². The summed E-state index contributed by atoms with van der Waals surface area (Å²) in [7, 11) is 4.22. The summed E-state index contributed by atoms with van der Waals surface area (Å²) in [6.07, 6.45) is 6.04. The second kappa shape index (κ2) is 6.68. The van der Waals surface area contributed by atoms with Gasteiger partial charge >= 0.3 is 0 Å². The quantitative estimate of drug-likeness (QED) is 0.779. The third-order valence-corrected chi connectivity index (χ3v) is 4.39. The lowest BCUT2D eigenvalue weighted by Crippen LogP contribution is -2.47. The summed E-state index contributed by atoms with van der Waals surface area (Å²) >= 11 is 0. The van der Waals surface area contributed by atoms with Crippen molar-refractivity contribution in [1.29, 1.82) is 0 Å². The van der Waals surface area contributed by atoms with Crippen molar-refractivity contribution in [2.75, 3.05) is 20.6 Å². The van der Waals surface area contributed by atoms with Gasteiger partial charge in [-0.1, -0.05) is 0 Å². The SMILES string of the molecule is CN(C)C1CCCC(NC(=O)[C@@H]2CC[C@H](CN)O2)C1. The number of carbonyl (C=O) groups excluding carboxylic acids is 1. The molecular formula is C14H27N3O2. The second-order valence-electron chi connectivity index (χ2n) is 6.05. The average Bonchev–Trinajstić information content (AvgIpc) is 2.88. The van der Waals surface area contributed by atoms with Crippen LogP contribution in [0.2, 0.25) is 0 Å². The Bertz CT molecular complexity index is 309. The van der Waals surface area contributed by atoms with Gasteiger partial charge in [0.15, 0.2) is 0 Å². The Hall–Kier alpha value is -0.650. The Labute approximate surface area is 115 Å². The first-order valence-electron chi connectivity index (χ1n) is 7.42. The van der Waals surface area contributed by atoms with E-state index in [1.807, 2.05) is 0 Å². The number of ether oxygens (including phenoxy) is 1. The summed E-state index contributed by atoms with van der Waals surface area (Å²) in [5.41, 5.74) is 5.57. The van der Waals surface area contributed by atoms with Crippen molar-refractivity contribution < 1.29 is 9.53 Å². The van der Waals surface area contributed by atoms with E-state index < -0.39 is 0 Å². The molecule has 0 aromatic heterocycles. The van der Waals surface area contributed by atoms with Crippen LogP contribution in [0.4, 0.5) is 0 Å². The minimum atomic E-state index is -0.284. The zero-order chi connectivity index (χ0) is 13.8. The maximum absolute atomic E-state index is 12.2. The fraction of sp³-hybridized carbons (Fsp3) is 0.929. The summed E-state index contributed by atoms with van der Waals surface area (Å²) in [5, 5.41) is 3.16. The van der Waals surface area contributed by atoms with Crippen LogP contribution in [0.1, 0.15) is 38.5 Å². The third kappa shape index (κ3) is 3.91. The Kier molecular flexibility index (Phi) is 5.19. The van der Waals surface area contributed by atoms with E-state index in [1.54, 1.807) is 0 Å². The monoisotopic (exact) mass is 269 g/mol. The number of amides is 1. The van der Waals surface area contributed by atoms with Gasteiger partial charge in [0.05, 0.1) is 6.10 Å². The van der Waals surface area contributed by atoms with Crippen LogP contribution in [0.5, 0.6) is 0 Å². The molecule has 1 saturated heterocycles. The number of nitrogens with two attached hydrogens (primary N) is 1. The van der Waals surface area contributed by atoms with Crippen LogP contribution in [-0.4, -0.2) is 55.7 Å². The second-order valence-corrected chi connectivity index (χ2v) is 6.05. The molecule has 1 aliphatic heterocycles. The van der Waals surface area contributed by atoms with Crippen molar-refractivity contribution in [2.24, 2.45) is 5.73 Å². The smallest absolute Gasteiger partial charge is 0.249 e. The van der Waals surface area contributed by atoms with Gasteiger partial charge in [0.2, 0.25) is 5.91 Å². The molecule has 0 radical (unpaired) electrons. The van der Waals surface area contributed by atoms with Gasteiger partial charge in [-0.05, 0) is 52.6 Å². The number of hydrogen-bond acceptors (Lipinski definition) is 4. The van der Waals surface area contributed by atoms with E-state index in [1.165, 1.54) is 12.8 Å². The zero-order valence-electron chi connectivity index (χ0n) is 12.1. The van der Waals surface area contributed by atoms with E-state index in [9.17, 15) is 4.79 Å². The molecule has 0 aromatic rings. The van der Waals surface area contributed by atoms with Gasteiger partial charge in [-0.3, -0.25) is 4.79 Å². The Morgan fingerprint density at radius 2 is 2.11 bits per heavy atom. The van der Waals surface area contributed by atoms with Crippen molar-refractivity contribution in [1.82, 2.24) is 10.2 Å². The molecule has 2 unspecified atom stereocenters. The molecular weight excluding hydrogens is 242 g/mol. The lowest BCUT2D eigenvalue weighted by molar-refractivity contribution is -0.132. The van der Waals surface area contributed by atoms with Crippen molar-refractivity contribution >= 4 is 5.91 Å². The molecule has 2 aliphatic rings. The molecule has 1 amide bonds. The molecule has 1 saturated carbocycles. The van der Waals surface area contributed by atoms with E-state index in [0.29, 0.717) is 18.6 Å². The van der Waals surface area contributed by atoms with Gasteiger partial charge in [-0.2, -0.15) is 0 Å². The summed E-state index contributed by atoms with van der Waals surface area (Å²) in [4.78, 5) is 14.4. The maximum Gasteiger partial charge on any atom is 0.249 e. The lowest BCUT2D eigenvalue weighted by Gasteiger charge is -2.34. The van der Waals surface area contributed by atoms with E-state index >= 15 is 0 Å². The maximum atomic E-state index is 12.2. The van der Waals surface area contributed by atoms with Crippen LogP contribution in [0.25, 0.3) is 0 Å². The highest BCUT2D eigenvalue weighted by atomic mass is 16.5. The third-order valence-electron chi connectivity index (χ3n) is 4.39. The molecule has 19 heavy (non-hydrogen) atoms. The Morgan fingerprint density at radius 1 is 1.32 bits per heavy atom. The van der Waals surface area contributed by atoms with Crippen molar-refractivity contribution in [3.05, 3.63) is 0 Å². The summed E-state index contributed by atoms with van der Waals surface area (Å²) in [5.74, 6) is 0.0559. The van der Waals surface area contributed by atoms with E-state index in [0.717, 1.165) is 25.7 Å². The first kappa shape index (κ1) is 14.8. The van der Waals surface area contributed by atoms with Crippen LogP contribution in [-0.2, 0) is 9.53 Å². The molecule has 1 aliphatic carbocycles. The van der Waals surface area contributed by atoms with Gasteiger partial charge < -0.3 is 20.7 Å². The predicted molar refractivity (Wildman–Crippen MR) is 74.8 cm³/mol. The number of carbonyl (C=O) groups is 1. The lowest BCUT2D eigenvalue weighted by atomic mass is 9.90. The molecule has 4 atom stereocenters. The first-order chi connectivity index (χ1) is 9.10. The molecule has 5 heteroatoms. The van der Waals surface area contributed by atoms with E-state index in [2.05, 4.69) is 24.3 Å². The average molecular weight is 269 g/mol. The number of nitrogens with one attached hydrogen (secondary N) is 1. The molecule has 0 bridgehead atoms. The normalized spacial score (nSPS) is 35.6. The number of rotatable bonds is 4. The van der Waals surface area contributed by atoms with Crippen LogP contribution in [0.3, 0.4) is 0 Å². The fourth-order valence-corrected chi connectivity index (χ4v) is 3.13. The predicted octanol–water partition coefficient (Wildman–Crippen LogP) is 0.482. The minimum Gasteiger partial charge on any atom is -0.364 e. The highest BCUT2D eigenvalue weighted by Crippen LogP contribution is 2.23. The standard InChI is InChI=1S/C14H27N3O2/c1-17(2)11-5-3-4-10(8-11)16-14(18)13-7-6-12(9-15)19-13/h10-13H,3-9,15H2,1-2H3,(H,16,18)/t10?,11?,12-,13+/m1/s1. The first-order valence-corrected chi connectivity index (χ1v) is 7.42. The summed E-state index contributed by atoms with van der Waals surface area (Å²) in [6, 6.07) is 0.884. The molecule has 2 rings (SSSR count). The van der Waals surface area contributed by atoms with Gasteiger partial charge in [0.1, 0.15) is 6.10 Å². The van der Waals surface area contributed by atoms with Crippen LogP contribution in [0.15, 0.2) is 0 Å². The minimum absolute atomic E-state index is 0.0559. The fourth-order valence-electron chi connectivity index (χ4n) is 3.13. The molecule has 5 nitrogen and oxygen atoms in total. The summed E-state index contributed by atoms with van der Waals surface area (Å²) < 4.78 is 5.64. The van der Waals surface area contributed by atoms with Gasteiger partial charge in [0, 0.05) is 18.6 Å². The van der Waals surface area contributed by atoms with Crippen LogP contribution < -0.4 is 11.1 Å². The van der Waals surface area contributed by atoms with Crippen molar-refractivity contribution in [2.45, 2.75) is 62.8 Å². The molecule has 2 fully saturated rings. The number of hydrogen-bond donors (Lipinski definition) is 2. The zero-order valence-corrected chi connectivity index (χ0v) is 12.1. The highest BCUT2D eigenvalue weighted by molar-refractivity contribution is 5.81. The van der Waals surface area contributed by atoms with Crippen LogP contribution in [0, 0.1) is 0 Å². The topological polar surface area (TPSA) is 67.6 Å². The molecule has 3 N–H and O–H groups in total. The van der Waals surface area contributed by atoms with E-state index in [4.69, 9.17) is 10.5 Å². The number of nitrogens with zero attached hydrogens (tertiary/aromatic N) is 1. The molecule has 1 heterocycles. The molecule has 0 aromatic carbocycles. The van der Waals surface area contributed by atoms with Gasteiger partial charge in [0.25, 0.3) is 0 Å². The summed E-state index contributed by atoms with van der Waals surface area (Å²) in [6.45, 7) is 0.510. The van der Waals surface area contributed by atoms with E-state index in [-0.39, 0.29) is 18.1 Å². The Morgan fingerprint density at radius 3 is 2.74 bits per heavy atom. The van der Waals surface area contributed by atoms with Crippen LogP contribution >= 0.6 is 0 Å².